The maximum Gasteiger partial charge on any atom is 0.419 e. The monoisotopic (exact) mass is 460 g/mol. The van der Waals surface area contributed by atoms with E-state index in [1.54, 1.807) is 0 Å². The topological polar surface area (TPSA) is 74.3 Å². The van der Waals surface area contributed by atoms with Crippen molar-refractivity contribution in [3.05, 3.63) is 59.8 Å². The molecule has 1 aliphatic heterocycles. The van der Waals surface area contributed by atoms with Gasteiger partial charge in [-0.15, -0.1) is 0 Å². The summed E-state index contributed by atoms with van der Waals surface area (Å²) >= 11 is 0. The van der Waals surface area contributed by atoms with E-state index in [0.29, 0.717) is 25.8 Å². The van der Waals surface area contributed by atoms with Gasteiger partial charge in [-0.3, -0.25) is 9.59 Å². The summed E-state index contributed by atoms with van der Waals surface area (Å²) in [5.74, 6) is -1.24. The number of carbonyl (C=O) groups excluding carboxylic acids is 2. The number of hydrogen-bond acceptors (Lipinski definition) is 4. The first-order chi connectivity index (χ1) is 15.8. The van der Waals surface area contributed by atoms with Gasteiger partial charge in [0.1, 0.15) is 11.9 Å². The number of pyridine rings is 1. The molecule has 2 aliphatic rings. The summed E-state index contributed by atoms with van der Waals surface area (Å²) in [7, 11) is 0. The second kappa shape index (κ2) is 9.80. The van der Waals surface area contributed by atoms with E-state index in [9.17, 15) is 22.8 Å². The van der Waals surface area contributed by atoms with Crippen LogP contribution in [0.5, 0.6) is 0 Å². The number of carbonyl (C=O) groups is 2. The zero-order chi connectivity index (χ0) is 23.4. The second-order valence-electron chi connectivity index (χ2n) is 8.69. The molecule has 0 radical (unpaired) electrons. The Morgan fingerprint density at radius 2 is 1.85 bits per heavy atom. The third-order valence-corrected chi connectivity index (χ3v) is 6.02. The highest BCUT2D eigenvalue weighted by Crippen LogP contribution is 2.36. The molecule has 4 rings (SSSR count). The van der Waals surface area contributed by atoms with E-state index >= 15 is 0 Å². The molecule has 176 valence electrons. The van der Waals surface area contributed by atoms with Gasteiger partial charge in [0.05, 0.1) is 11.5 Å². The molecule has 0 bridgehead atoms. The summed E-state index contributed by atoms with van der Waals surface area (Å²) in [6.45, 7) is 0.508. The van der Waals surface area contributed by atoms with E-state index < -0.39 is 23.7 Å². The van der Waals surface area contributed by atoms with E-state index in [1.807, 2.05) is 30.3 Å². The minimum Gasteiger partial charge on any atom is -0.355 e. The summed E-state index contributed by atoms with van der Waals surface area (Å²) < 4.78 is 40.3. The Labute approximate surface area is 190 Å². The summed E-state index contributed by atoms with van der Waals surface area (Å²) in [6, 6.07) is 11.1. The Morgan fingerprint density at radius 3 is 2.55 bits per heavy atom. The first-order valence-electron chi connectivity index (χ1n) is 11.2. The molecule has 0 spiro atoms. The van der Waals surface area contributed by atoms with Gasteiger partial charge in [0.25, 0.3) is 0 Å². The van der Waals surface area contributed by atoms with Crippen LogP contribution in [0.2, 0.25) is 0 Å². The first-order valence-corrected chi connectivity index (χ1v) is 11.2. The lowest BCUT2D eigenvalue weighted by Gasteiger charge is -2.34. The number of halogens is 3. The maximum absolute atomic E-state index is 13.4. The van der Waals surface area contributed by atoms with Crippen LogP contribution in [-0.2, 0) is 22.2 Å². The number of nitrogens with zero attached hydrogens (tertiary/aromatic N) is 2. The molecule has 1 aliphatic carbocycles. The summed E-state index contributed by atoms with van der Waals surface area (Å²) in [5.41, 5.74) is 0.110. The van der Waals surface area contributed by atoms with Crippen LogP contribution in [0.4, 0.5) is 19.0 Å². The quantitative estimate of drug-likeness (QED) is 0.665. The van der Waals surface area contributed by atoms with Crippen LogP contribution in [-0.4, -0.2) is 42.0 Å². The molecule has 1 saturated carbocycles. The molecule has 33 heavy (non-hydrogen) atoms. The molecule has 2 heterocycles. The predicted molar refractivity (Wildman–Crippen MR) is 117 cm³/mol. The molecule has 2 N–H and O–H groups in total. The summed E-state index contributed by atoms with van der Waals surface area (Å²) in [4.78, 5) is 31.4. The third-order valence-electron chi connectivity index (χ3n) is 6.02. The van der Waals surface area contributed by atoms with Crippen molar-refractivity contribution < 1.29 is 22.8 Å². The lowest BCUT2D eigenvalue weighted by atomic mass is 9.95. The Kier molecular flexibility index (Phi) is 6.85. The summed E-state index contributed by atoms with van der Waals surface area (Å²) in [5, 5.41) is 5.81. The number of anilines is 1. The van der Waals surface area contributed by atoms with Crippen LogP contribution in [0.25, 0.3) is 0 Å². The molecule has 1 saturated heterocycles. The average molecular weight is 461 g/mol. The third kappa shape index (κ3) is 6.03. The van der Waals surface area contributed by atoms with Gasteiger partial charge in [-0.25, -0.2) is 4.98 Å². The zero-order valence-corrected chi connectivity index (χ0v) is 18.1. The zero-order valence-electron chi connectivity index (χ0n) is 18.1. The van der Waals surface area contributed by atoms with Gasteiger partial charge in [-0.2, -0.15) is 13.2 Å². The van der Waals surface area contributed by atoms with E-state index in [2.05, 4.69) is 15.6 Å². The van der Waals surface area contributed by atoms with Crippen molar-refractivity contribution in [2.45, 2.75) is 50.4 Å². The number of rotatable bonds is 7. The minimum atomic E-state index is -4.53. The number of aromatic nitrogens is 1. The molecule has 9 heteroatoms. The fourth-order valence-corrected chi connectivity index (χ4v) is 4.13. The highest BCUT2D eigenvalue weighted by Gasteiger charge is 2.38. The van der Waals surface area contributed by atoms with Crippen LogP contribution in [0.15, 0.2) is 48.7 Å². The molecule has 1 aromatic carbocycles. The van der Waals surface area contributed by atoms with Crippen molar-refractivity contribution >= 4 is 17.6 Å². The molecule has 2 amide bonds. The lowest BCUT2D eigenvalue weighted by Crippen LogP contribution is -2.52. The Hall–Kier alpha value is -3.10. The van der Waals surface area contributed by atoms with Crippen molar-refractivity contribution in [2.24, 2.45) is 5.92 Å². The van der Waals surface area contributed by atoms with Crippen molar-refractivity contribution in [3.8, 4) is 0 Å². The van der Waals surface area contributed by atoms with Gasteiger partial charge in [0.15, 0.2) is 0 Å². The lowest BCUT2D eigenvalue weighted by molar-refractivity contribution is -0.137. The molecule has 2 atom stereocenters. The van der Waals surface area contributed by atoms with Crippen LogP contribution in [0.3, 0.4) is 0 Å². The van der Waals surface area contributed by atoms with E-state index in [-0.39, 0.29) is 30.2 Å². The molecule has 2 fully saturated rings. The Morgan fingerprint density at radius 1 is 1.09 bits per heavy atom. The van der Waals surface area contributed by atoms with Crippen molar-refractivity contribution in [1.29, 1.82) is 0 Å². The van der Waals surface area contributed by atoms with E-state index in [0.717, 1.165) is 24.5 Å². The van der Waals surface area contributed by atoms with E-state index in [1.165, 1.54) is 17.2 Å². The van der Waals surface area contributed by atoms with Gasteiger partial charge in [-0.05, 0) is 43.4 Å². The maximum atomic E-state index is 13.4. The number of amides is 2. The van der Waals surface area contributed by atoms with Crippen molar-refractivity contribution in [2.75, 3.05) is 18.0 Å². The molecular weight excluding hydrogens is 433 g/mol. The van der Waals surface area contributed by atoms with Crippen molar-refractivity contribution in [1.82, 2.24) is 15.6 Å². The van der Waals surface area contributed by atoms with Crippen LogP contribution in [0, 0.1) is 5.92 Å². The molecule has 2 aromatic rings. The standard InChI is InChI=1S/C24H27F3N4O2/c25-24(26,27)19-9-4-12-28-21(19)31-13-5-8-17(15-31)22(32)30-20(23(33)29-18-10-11-18)14-16-6-2-1-3-7-16/h1-4,6-7,9,12,17-18,20H,5,8,10-11,13-15H2,(H,29,33)(H,30,32). The number of alkyl halides is 3. The van der Waals surface area contributed by atoms with Crippen LogP contribution < -0.4 is 15.5 Å². The highest BCUT2D eigenvalue weighted by molar-refractivity contribution is 5.89. The number of piperidine rings is 1. The largest absolute Gasteiger partial charge is 0.419 e. The molecule has 2 unspecified atom stereocenters. The minimum absolute atomic E-state index is 0.119. The molecule has 6 nitrogen and oxygen atoms in total. The average Bonchev–Trinajstić information content (AvgIpc) is 3.63. The first kappa shape index (κ1) is 23.1. The summed E-state index contributed by atoms with van der Waals surface area (Å²) in [6.07, 6.45) is 0.108. The molecule has 1 aromatic heterocycles. The van der Waals surface area contributed by atoms with Gasteiger partial charge in [-0.1, -0.05) is 30.3 Å². The van der Waals surface area contributed by atoms with Crippen molar-refractivity contribution in [3.63, 3.8) is 0 Å². The van der Waals surface area contributed by atoms with Gasteiger partial charge in [0, 0.05) is 31.7 Å². The Bertz CT molecular complexity index is 979. The second-order valence-corrected chi connectivity index (χ2v) is 8.69. The number of nitrogens with one attached hydrogen (secondary N) is 2. The van der Waals surface area contributed by atoms with Gasteiger partial charge < -0.3 is 15.5 Å². The van der Waals surface area contributed by atoms with Crippen LogP contribution in [0.1, 0.15) is 36.8 Å². The number of hydrogen-bond donors (Lipinski definition) is 2. The fraction of sp³-hybridized carbons (Fsp3) is 0.458. The smallest absolute Gasteiger partial charge is 0.355 e. The van der Waals surface area contributed by atoms with Gasteiger partial charge in [0.2, 0.25) is 11.8 Å². The predicted octanol–water partition coefficient (Wildman–Crippen LogP) is 3.32. The normalized spacial score (nSPS) is 19.6. The number of benzene rings is 1. The molecular formula is C24H27F3N4O2. The Balaban J connectivity index is 1.46. The van der Waals surface area contributed by atoms with Gasteiger partial charge >= 0.3 is 6.18 Å². The SMILES string of the molecule is O=C(NC(Cc1ccccc1)C(=O)NC1CC1)C1CCCN(c2ncccc2C(F)(F)F)C1. The van der Waals surface area contributed by atoms with Crippen LogP contribution >= 0.6 is 0 Å². The van der Waals surface area contributed by atoms with E-state index in [4.69, 9.17) is 0 Å². The highest BCUT2D eigenvalue weighted by atomic mass is 19.4. The fourth-order valence-electron chi connectivity index (χ4n) is 4.13.